The van der Waals surface area contributed by atoms with Crippen molar-refractivity contribution in [1.82, 2.24) is 9.97 Å². The minimum Gasteiger partial charge on any atom is -0.359 e. The number of anilines is 1. The number of nitrogens with one attached hydrogen (secondary N) is 1. The molecule has 2 aromatic carbocycles. The molecule has 1 N–H and O–H groups in total. The fourth-order valence-electron chi connectivity index (χ4n) is 4.70. The SMILES string of the molecule is C[C@@H](Nc1nc2ccc(Cl)cc2s1)[C@H]1CC[C@@H](c2ccnc3ccc(F)cc32)CC1. The zero-order valence-corrected chi connectivity index (χ0v) is 18.3. The molecule has 0 aliphatic heterocycles. The van der Waals surface area contributed by atoms with Crippen molar-refractivity contribution >= 4 is 49.2 Å². The highest BCUT2D eigenvalue weighted by atomic mass is 35.5. The predicted molar refractivity (Wildman–Crippen MR) is 124 cm³/mol. The number of fused-ring (bicyclic) bond motifs is 2. The van der Waals surface area contributed by atoms with Crippen LogP contribution in [0.2, 0.25) is 5.02 Å². The average molecular weight is 440 g/mol. The van der Waals surface area contributed by atoms with Crippen LogP contribution in [-0.4, -0.2) is 16.0 Å². The van der Waals surface area contributed by atoms with Gasteiger partial charge in [-0.05, 0) is 92.5 Å². The molecule has 1 aliphatic carbocycles. The largest absolute Gasteiger partial charge is 0.359 e. The second-order valence-electron chi connectivity index (χ2n) is 8.24. The quantitative estimate of drug-likeness (QED) is 0.359. The van der Waals surface area contributed by atoms with E-state index in [9.17, 15) is 4.39 Å². The Balaban J connectivity index is 1.27. The lowest BCUT2D eigenvalue weighted by atomic mass is 9.75. The smallest absolute Gasteiger partial charge is 0.184 e. The summed E-state index contributed by atoms with van der Waals surface area (Å²) in [6, 6.07) is 13.1. The highest BCUT2D eigenvalue weighted by molar-refractivity contribution is 7.22. The monoisotopic (exact) mass is 439 g/mol. The summed E-state index contributed by atoms with van der Waals surface area (Å²) in [7, 11) is 0. The molecule has 3 nitrogen and oxygen atoms in total. The van der Waals surface area contributed by atoms with E-state index in [1.54, 1.807) is 23.5 Å². The summed E-state index contributed by atoms with van der Waals surface area (Å²) < 4.78 is 14.9. The number of hydrogen-bond acceptors (Lipinski definition) is 4. The van der Waals surface area contributed by atoms with Crippen molar-refractivity contribution in [3.63, 3.8) is 0 Å². The Morgan fingerprint density at radius 1 is 1.07 bits per heavy atom. The van der Waals surface area contributed by atoms with Crippen molar-refractivity contribution in [3.8, 4) is 0 Å². The van der Waals surface area contributed by atoms with E-state index in [2.05, 4.69) is 23.3 Å². The molecule has 1 fully saturated rings. The Hall–Kier alpha value is -2.24. The van der Waals surface area contributed by atoms with Gasteiger partial charge in [-0.3, -0.25) is 4.98 Å². The van der Waals surface area contributed by atoms with E-state index in [0.717, 1.165) is 57.0 Å². The minimum absolute atomic E-state index is 0.194. The summed E-state index contributed by atoms with van der Waals surface area (Å²) >= 11 is 7.75. The van der Waals surface area contributed by atoms with Gasteiger partial charge in [0.2, 0.25) is 0 Å². The number of pyridine rings is 1. The molecule has 1 atom stereocenters. The van der Waals surface area contributed by atoms with Crippen LogP contribution in [0.4, 0.5) is 9.52 Å². The van der Waals surface area contributed by atoms with Gasteiger partial charge in [-0.2, -0.15) is 0 Å². The van der Waals surface area contributed by atoms with Crippen LogP contribution in [0, 0.1) is 11.7 Å². The third-order valence-corrected chi connectivity index (χ3v) is 7.54. The van der Waals surface area contributed by atoms with Crippen LogP contribution in [-0.2, 0) is 0 Å². The molecule has 0 spiro atoms. The van der Waals surface area contributed by atoms with Crippen molar-refractivity contribution in [1.29, 1.82) is 0 Å². The van der Waals surface area contributed by atoms with Gasteiger partial charge in [0.1, 0.15) is 5.82 Å². The first-order valence-corrected chi connectivity index (χ1v) is 11.6. The lowest BCUT2D eigenvalue weighted by Gasteiger charge is -2.33. The summed E-state index contributed by atoms with van der Waals surface area (Å²) in [5, 5.41) is 6.27. The van der Waals surface area contributed by atoms with Crippen LogP contribution < -0.4 is 5.32 Å². The maximum absolute atomic E-state index is 13.8. The van der Waals surface area contributed by atoms with Crippen LogP contribution in [0.15, 0.2) is 48.7 Å². The Labute approximate surface area is 184 Å². The Morgan fingerprint density at radius 3 is 2.70 bits per heavy atom. The normalized spacial score (nSPS) is 20.5. The Kier molecular flexibility index (Phi) is 5.34. The zero-order valence-electron chi connectivity index (χ0n) is 16.7. The van der Waals surface area contributed by atoms with Crippen molar-refractivity contribution in [2.45, 2.75) is 44.6 Å². The highest BCUT2D eigenvalue weighted by Crippen LogP contribution is 2.40. The van der Waals surface area contributed by atoms with Crippen molar-refractivity contribution in [3.05, 3.63) is 65.1 Å². The van der Waals surface area contributed by atoms with Gasteiger partial charge in [0.05, 0.1) is 15.7 Å². The maximum atomic E-state index is 13.8. The first-order chi connectivity index (χ1) is 14.6. The number of halogens is 2. The lowest BCUT2D eigenvalue weighted by Crippen LogP contribution is -2.29. The van der Waals surface area contributed by atoms with Gasteiger partial charge in [0.15, 0.2) is 5.13 Å². The first-order valence-electron chi connectivity index (χ1n) is 10.4. The van der Waals surface area contributed by atoms with Gasteiger partial charge in [-0.1, -0.05) is 22.9 Å². The van der Waals surface area contributed by atoms with Gasteiger partial charge in [0.25, 0.3) is 0 Å². The molecule has 0 saturated heterocycles. The van der Waals surface area contributed by atoms with E-state index in [1.807, 2.05) is 24.4 Å². The van der Waals surface area contributed by atoms with Gasteiger partial charge >= 0.3 is 0 Å². The van der Waals surface area contributed by atoms with Crippen molar-refractivity contribution in [2.24, 2.45) is 5.92 Å². The second kappa shape index (κ2) is 8.12. The average Bonchev–Trinajstić information content (AvgIpc) is 3.14. The Morgan fingerprint density at radius 2 is 1.87 bits per heavy atom. The molecule has 0 amide bonds. The molecule has 30 heavy (non-hydrogen) atoms. The molecule has 0 unspecified atom stereocenters. The zero-order chi connectivity index (χ0) is 20.7. The van der Waals surface area contributed by atoms with Crippen molar-refractivity contribution in [2.75, 3.05) is 5.32 Å². The predicted octanol–water partition coefficient (Wildman–Crippen LogP) is 7.41. The van der Waals surface area contributed by atoms with E-state index in [-0.39, 0.29) is 5.82 Å². The Bertz CT molecular complexity index is 1200. The molecule has 154 valence electrons. The van der Waals surface area contributed by atoms with E-state index in [0.29, 0.717) is 17.9 Å². The summed E-state index contributed by atoms with van der Waals surface area (Å²) in [5.74, 6) is 0.868. The summed E-state index contributed by atoms with van der Waals surface area (Å²) in [6.07, 6.45) is 6.37. The van der Waals surface area contributed by atoms with Crippen molar-refractivity contribution < 1.29 is 4.39 Å². The van der Waals surface area contributed by atoms with E-state index < -0.39 is 0 Å². The van der Waals surface area contributed by atoms with Gasteiger partial charge < -0.3 is 5.32 Å². The van der Waals surface area contributed by atoms with Crippen LogP contribution in [0.1, 0.15) is 44.1 Å². The molecule has 5 rings (SSSR count). The van der Waals surface area contributed by atoms with Gasteiger partial charge in [-0.25, -0.2) is 9.37 Å². The molecule has 1 saturated carbocycles. The summed E-state index contributed by atoms with van der Waals surface area (Å²) in [4.78, 5) is 9.10. The maximum Gasteiger partial charge on any atom is 0.184 e. The van der Waals surface area contributed by atoms with Crippen LogP contribution in [0.5, 0.6) is 0 Å². The second-order valence-corrected chi connectivity index (χ2v) is 9.70. The summed E-state index contributed by atoms with van der Waals surface area (Å²) in [6.45, 7) is 2.25. The highest BCUT2D eigenvalue weighted by Gasteiger charge is 2.27. The molecule has 1 aliphatic rings. The third kappa shape index (κ3) is 3.88. The number of aromatic nitrogens is 2. The molecular weight excluding hydrogens is 417 g/mol. The lowest BCUT2D eigenvalue weighted by molar-refractivity contribution is 0.302. The topological polar surface area (TPSA) is 37.8 Å². The fraction of sp³-hybridized carbons (Fsp3) is 0.333. The minimum atomic E-state index is -0.194. The standard InChI is InChI=1S/C24H23ClFN3S/c1-14(28-24-29-22-8-6-17(25)12-23(22)30-24)15-2-4-16(5-3-15)19-10-11-27-21-9-7-18(26)13-20(19)21/h6-16H,2-5H2,1H3,(H,28,29)/t14-,15-,16+/m1/s1. The van der Waals surface area contributed by atoms with E-state index in [4.69, 9.17) is 16.6 Å². The number of benzene rings is 2. The first kappa shape index (κ1) is 19.7. The van der Waals surface area contributed by atoms with E-state index in [1.165, 1.54) is 11.6 Å². The number of nitrogens with zero attached hydrogens (tertiary/aromatic N) is 2. The molecule has 2 heterocycles. The van der Waals surface area contributed by atoms with Crippen LogP contribution in [0.3, 0.4) is 0 Å². The number of thiazole rings is 1. The van der Waals surface area contributed by atoms with E-state index >= 15 is 0 Å². The third-order valence-electron chi connectivity index (χ3n) is 6.36. The molecule has 0 bridgehead atoms. The van der Waals surface area contributed by atoms with Gasteiger partial charge in [0, 0.05) is 22.6 Å². The molecular formula is C24H23ClFN3S. The molecule has 2 aromatic heterocycles. The van der Waals surface area contributed by atoms with Crippen LogP contribution in [0.25, 0.3) is 21.1 Å². The molecule has 6 heteroatoms. The number of rotatable bonds is 4. The molecule has 0 radical (unpaired) electrons. The van der Waals surface area contributed by atoms with Gasteiger partial charge in [-0.15, -0.1) is 0 Å². The number of hydrogen-bond donors (Lipinski definition) is 1. The summed E-state index contributed by atoms with van der Waals surface area (Å²) in [5.41, 5.74) is 3.10. The molecule has 4 aromatic rings. The van der Waals surface area contributed by atoms with Crippen LogP contribution >= 0.6 is 22.9 Å². The fourth-order valence-corrected chi connectivity index (χ4v) is 5.94.